The Hall–Kier alpha value is -2.70. The number of non-ortho nitro benzene ring substituents is 1. The molecule has 1 aromatic heterocycles. The molecule has 1 amide bonds. The van der Waals surface area contributed by atoms with Crippen molar-refractivity contribution < 1.29 is 18.5 Å². The minimum atomic E-state index is -0.788. The summed E-state index contributed by atoms with van der Waals surface area (Å²) in [4.78, 5) is 23.7. The van der Waals surface area contributed by atoms with Crippen LogP contribution < -0.4 is 0 Å². The van der Waals surface area contributed by atoms with Crippen LogP contribution in [-0.4, -0.2) is 22.3 Å². The topological polar surface area (TPSA) is 76.6 Å². The van der Waals surface area contributed by atoms with Crippen molar-refractivity contribution in [1.29, 1.82) is 0 Å². The van der Waals surface area contributed by atoms with Gasteiger partial charge in [0.2, 0.25) is 0 Å². The summed E-state index contributed by atoms with van der Waals surface area (Å²) >= 11 is 0. The number of hydrogen-bond donors (Lipinski definition) is 0. The largest absolute Gasteiger partial charge is 0.467 e. The highest BCUT2D eigenvalue weighted by Gasteiger charge is 2.22. The lowest BCUT2D eigenvalue weighted by atomic mass is 10.1. The number of amides is 1. The zero-order valence-electron chi connectivity index (χ0n) is 11.3. The molecule has 0 unspecified atom stereocenters. The van der Waals surface area contributed by atoms with Crippen LogP contribution in [0.4, 0.5) is 10.1 Å². The summed E-state index contributed by atoms with van der Waals surface area (Å²) < 4.78 is 18.9. The average Bonchev–Trinajstić information content (AvgIpc) is 2.97. The number of nitrogens with zero attached hydrogens (tertiary/aromatic N) is 2. The SMILES string of the molecule is CCN(Cc1ccco1)C(=O)c1cc([N+](=O)[O-])ccc1F. The van der Waals surface area contributed by atoms with E-state index in [0.717, 1.165) is 18.2 Å². The van der Waals surface area contributed by atoms with Crippen LogP contribution in [0.5, 0.6) is 0 Å². The molecule has 0 aliphatic rings. The molecule has 21 heavy (non-hydrogen) atoms. The number of carbonyl (C=O) groups excluding carboxylic acids is 1. The summed E-state index contributed by atoms with van der Waals surface area (Å²) in [5.74, 6) is -0.852. The Labute approximate surface area is 119 Å². The number of nitro benzene ring substituents is 1. The molecule has 110 valence electrons. The predicted octanol–water partition coefficient (Wildman–Crippen LogP) is 2.99. The van der Waals surface area contributed by atoms with Crippen LogP contribution in [-0.2, 0) is 6.54 Å². The van der Waals surface area contributed by atoms with Crippen molar-refractivity contribution in [2.24, 2.45) is 0 Å². The van der Waals surface area contributed by atoms with E-state index in [4.69, 9.17) is 4.42 Å². The summed E-state index contributed by atoms with van der Waals surface area (Å²) in [5.41, 5.74) is -0.647. The Balaban J connectivity index is 2.28. The van der Waals surface area contributed by atoms with Gasteiger partial charge in [0.1, 0.15) is 11.6 Å². The van der Waals surface area contributed by atoms with E-state index in [1.165, 1.54) is 11.2 Å². The van der Waals surface area contributed by atoms with E-state index in [-0.39, 0.29) is 17.8 Å². The Morgan fingerprint density at radius 3 is 2.76 bits per heavy atom. The number of rotatable bonds is 5. The van der Waals surface area contributed by atoms with Gasteiger partial charge >= 0.3 is 0 Å². The fraction of sp³-hybridized carbons (Fsp3) is 0.214. The summed E-state index contributed by atoms with van der Waals surface area (Å²) in [6.45, 7) is 2.22. The van der Waals surface area contributed by atoms with E-state index in [0.29, 0.717) is 12.3 Å². The molecule has 2 rings (SSSR count). The molecule has 0 atom stereocenters. The number of benzene rings is 1. The van der Waals surface area contributed by atoms with E-state index in [1.807, 2.05) is 0 Å². The Morgan fingerprint density at radius 1 is 1.43 bits per heavy atom. The highest BCUT2D eigenvalue weighted by Crippen LogP contribution is 2.19. The molecule has 1 heterocycles. The van der Waals surface area contributed by atoms with Gasteiger partial charge in [-0.2, -0.15) is 0 Å². The molecular formula is C14H13FN2O4. The van der Waals surface area contributed by atoms with Gasteiger partial charge in [-0.15, -0.1) is 0 Å². The highest BCUT2D eigenvalue weighted by molar-refractivity contribution is 5.95. The molecule has 0 aliphatic carbocycles. The van der Waals surface area contributed by atoms with Crippen molar-refractivity contribution >= 4 is 11.6 Å². The van der Waals surface area contributed by atoms with Gasteiger partial charge in [-0.1, -0.05) is 0 Å². The number of furan rings is 1. The first-order valence-electron chi connectivity index (χ1n) is 6.28. The lowest BCUT2D eigenvalue weighted by Gasteiger charge is -2.19. The van der Waals surface area contributed by atoms with Crippen LogP contribution in [0, 0.1) is 15.9 Å². The first kappa shape index (κ1) is 14.7. The van der Waals surface area contributed by atoms with Gasteiger partial charge < -0.3 is 9.32 Å². The third-order valence-corrected chi connectivity index (χ3v) is 2.99. The second-order valence-electron chi connectivity index (χ2n) is 4.32. The molecule has 0 spiro atoms. The second kappa shape index (κ2) is 6.17. The van der Waals surface area contributed by atoms with E-state index >= 15 is 0 Å². The number of halogens is 1. The minimum absolute atomic E-state index is 0.171. The first-order valence-corrected chi connectivity index (χ1v) is 6.28. The normalized spacial score (nSPS) is 10.4. The maximum absolute atomic E-state index is 13.8. The molecular weight excluding hydrogens is 279 g/mol. The van der Waals surface area contributed by atoms with Gasteiger partial charge in [-0.05, 0) is 25.1 Å². The van der Waals surface area contributed by atoms with Crippen LogP contribution in [0.2, 0.25) is 0 Å². The lowest BCUT2D eigenvalue weighted by molar-refractivity contribution is -0.384. The molecule has 6 nitrogen and oxygen atoms in total. The molecule has 0 saturated carbocycles. The van der Waals surface area contributed by atoms with Crippen molar-refractivity contribution in [3.05, 3.63) is 63.9 Å². The van der Waals surface area contributed by atoms with Gasteiger partial charge in [0.15, 0.2) is 0 Å². The summed E-state index contributed by atoms with van der Waals surface area (Å²) in [6, 6.07) is 6.27. The van der Waals surface area contributed by atoms with E-state index < -0.39 is 16.6 Å². The maximum Gasteiger partial charge on any atom is 0.270 e. The van der Waals surface area contributed by atoms with Crippen molar-refractivity contribution in [2.45, 2.75) is 13.5 Å². The molecule has 0 bridgehead atoms. The fourth-order valence-corrected chi connectivity index (χ4v) is 1.88. The zero-order chi connectivity index (χ0) is 15.4. The molecule has 0 N–H and O–H groups in total. The number of carbonyl (C=O) groups is 1. The maximum atomic E-state index is 13.8. The van der Waals surface area contributed by atoms with E-state index in [1.54, 1.807) is 19.1 Å². The highest BCUT2D eigenvalue weighted by atomic mass is 19.1. The van der Waals surface area contributed by atoms with Crippen LogP contribution in [0.1, 0.15) is 23.0 Å². The Kier molecular flexibility index (Phi) is 4.32. The molecule has 7 heteroatoms. The van der Waals surface area contributed by atoms with E-state index in [2.05, 4.69) is 0 Å². The van der Waals surface area contributed by atoms with Crippen LogP contribution in [0.15, 0.2) is 41.0 Å². The van der Waals surface area contributed by atoms with Crippen molar-refractivity contribution in [1.82, 2.24) is 4.90 Å². The molecule has 0 aliphatic heterocycles. The number of hydrogen-bond acceptors (Lipinski definition) is 4. The molecule has 0 fully saturated rings. The number of nitro groups is 1. The summed E-state index contributed by atoms with van der Waals surface area (Å²) in [5, 5.41) is 10.7. The molecule has 0 saturated heterocycles. The van der Waals surface area contributed by atoms with Crippen LogP contribution in [0.3, 0.4) is 0 Å². The Morgan fingerprint density at radius 2 is 2.19 bits per heavy atom. The Bertz CT molecular complexity index is 655. The van der Waals surface area contributed by atoms with Crippen LogP contribution in [0.25, 0.3) is 0 Å². The van der Waals surface area contributed by atoms with Gasteiger partial charge in [-0.25, -0.2) is 4.39 Å². The quantitative estimate of drug-likeness (QED) is 0.627. The standard InChI is InChI=1S/C14H13FN2O4/c1-2-16(9-11-4-3-7-21-11)14(18)12-8-10(17(19)20)5-6-13(12)15/h3-8H,2,9H2,1H3. The second-order valence-corrected chi connectivity index (χ2v) is 4.32. The summed E-state index contributed by atoms with van der Waals surface area (Å²) in [6.07, 6.45) is 1.47. The van der Waals surface area contributed by atoms with Crippen molar-refractivity contribution in [2.75, 3.05) is 6.54 Å². The van der Waals surface area contributed by atoms with Gasteiger partial charge in [0.25, 0.3) is 11.6 Å². The van der Waals surface area contributed by atoms with Gasteiger partial charge in [-0.3, -0.25) is 14.9 Å². The van der Waals surface area contributed by atoms with Gasteiger partial charge in [0.05, 0.1) is 23.3 Å². The van der Waals surface area contributed by atoms with E-state index in [9.17, 15) is 19.3 Å². The zero-order valence-corrected chi connectivity index (χ0v) is 11.3. The lowest BCUT2D eigenvalue weighted by Crippen LogP contribution is -2.30. The summed E-state index contributed by atoms with van der Waals surface area (Å²) in [7, 11) is 0. The molecule has 1 aromatic carbocycles. The molecule has 0 radical (unpaired) electrons. The predicted molar refractivity (Wildman–Crippen MR) is 72.2 cm³/mol. The van der Waals surface area contributed by atoms with Crippen molar-refractivity contribution in [3.8, 4) is 0 Å². The first-order chi connectivity index (χ1) is 10.0. The monoisotopic (exact) mass is 292 g/mol. The van der Waals surface area contributed by atoms with Crippen LogP contribution >= 0.6 is 0 Å². The fourth-order valence-electron chi connectivity index (χ4n) is 1.88. The average molecular weight is 292 g/mol. The smallest absolute Gasteiger partial charge is 0.270 e. The third-order valence-electron chi connectivity index (χ3n) is 2.99. The van der Waals surface area contributed by atoms with Crippen molar-refractivity contribution in [3.63, 3.8) is 0 Å². The third kappa shape index (κ3) is 3.25. The molecule has 2 aromatic rings. The minimum Gasteiger partial charge on any atom is -0.467 e. The van der Waals surface area contributed by atoms with Gasteiger partial charge in [0, 0.05) is 18.7 Å².